The Morgan fingerprint density at radius 2 is 2.16 bits per heavy atom. The highest BCUT2D eigenvalue weighted by molar-refractivity contribution is 7.99. The van der Waals surface area contributed by atoms with E-state index in [1.807, 2.05) is 11.8 Å². The number of thioether (sulfide) groups is 1. The normalized spacial score (nSPS) is 11.6. The quantitative estimate of drug-likeness (QED) is 0.598. The van der Waals surface area contributed by atoms with Crippen molar-refractivity contribution in [2.24, 2.45) is 0 Å². The van der Waals surface area contributed by atoms with E-state index in [9.17, 15) is 0 Å². The molecule has 0 spiro atoms. The molecule has 0 fully saturated rings. The topological polar surface area (TPSA) is 40.7 Å². The van der Waals surface area contributed by atoms with E-state index in [-0.39, 0.29) is 0 Å². The molecular formula is C15H23N3S. The molecule has 0 atom stereocenters. The van der Waals surface area contributed by atoms with E-state index < -0.39 is 0 Å². The molecule has 0 aliphatic carbocycles. The minimum atomic E-state index is 0.589. The van der Waals surface area contributed by atoms with Crippen molar-refractivity contribution in [3.05, 3.63) is 23.8 Å². The van der Waals surface area contributed by atoms with Gasteiger partial charge in [-0.25, -0.2) is 4.98 Å². The van der Waals surface area contributed by atoms with E-state index in [0.29, 0.717) is 6.04 Å². The van der Waals surface area contributed by atoms with Gasteiger partial charge in [-0.2, -0.15) is 0 Å². The molecule has 3 nitrogen and oxygen atoms in total. The van der Waals surface area contributed by atoms with E-state index in [4.69, 9.17) is 0 Å². The molecule has 4 heteroatoms. The number of nitrogens with one attached hydrogen (secondary N) is 2. The fraction of sp³-hybridized carbons (Fsp3) is 0.533. The molecule has 1 heterocycles. The maximum absolute atomic E-state index is 4.59. The molecule has 104 valence electrons. The highest BCUT2D eigenvalue weighted by atomic mass is 32.2. The minimum absolute atomic E-state index is 0.589. The van der Waals surface area contributed by atoms with Gasteiger partial charge in [-0.1, -0.05) is 31.7 Å². The molecule has 1 aromatic heterocycles. The number of benzene rings is 1. The fourth-order valence-electron chi connectivity index (χ4n) is 1.96. The second-order valence-corrected chi connectivity index (χ2v) is 6.31. The summed E-state index contributed by atoms with van der Waals surface area (Å²) in [6.45, 7) is 7.59. The van der Waals surface area contributed by atoms with Crippen molar-refractivity contribution in [1.82, 2.24) is 15.3 Å². The Morgan fingerprint density at radius 1 is 1.32 bits per heavy atom. The SMILES string of the molecule is Cc1ccc2nc(SCCCCNC(C)C)[nH]c2c1. The van der Waals surface area contributed by atoms with Crippen molar-refractivity contribution >= 4 is 22.8 Å². The zero-order valence-corrected chi connectivity index (χ0v) is 12.8. The molecule has 0 bridgehead atoms. The number of fused-ring (bicyclic) bond motifs is 1. The molecular weight excluding hydrogens is 254 g/mol. The number of hydrogen-bond donors (Lipinski definition) is 2. The Balaban J connectivity index is 1.75. The summed E-state index contributed by atoms with van der Waals surface area (Å²) in [6.07, 6.45) is 2.45. The highest BCUT2D eigenvalue weighted by Gasteiger charge is 2.03. The standard InChI is InChI=1S/C15H23N3S/c1-11(2)16-8-4-5-9-19-15-17-13-7-6-12(3)10-14(13)18-15/h6-7,10-11,16H,4-5,8-9H2,1-3H3,(H,17,18). The van der Waals surface area contributed by atoms with E-state index in [0.717, 1.165) is 28.5 Å². The number of aryl methyl sites for hydroxylation is 1. The molecule has 2 rings (SSSR count). The number of hydrogen-bond acceptors (Lipinski definition) is 3. The third-order valence-electron chi connectivity index (χ3n) is 2.98. The fourth-order valence-corrected chi connectivity index (χ4v) is 2.84. The van der Waals surface area contributed by atoms with Crippen LogP contribution in [0.3, 0.4) is 0 Å². The number of rotatable bonds is 7. The lowest BCUT2D eigenvalue weighted by Gasteiger charge is -2.06. The van der Waals surface area contributed by atoms with Crippen LogP contribution in [0.5, 0.6) is 0 Å². The van der Waals surface area contributed by atoms with Gasteiger partial charge in [-0.3, -0.25) is 0 Å². The van der Waals surface area contributed by atoms with Crippen LogP contribution in [0.2, 0.25) is 0 Å². The highest BCUT2D eigenvalue weighted by Crippen LogP contribution is 2.21. The van der Waals surface area contributed by atoms with Gasteiger partial charge in [0.2, 0.25) is 0 Å². The summed E-state index contributed by atoms with van der Waals surface area (Å²) in [6, 6.07) is 6.93. The predicted octanol–water partition coefficient (Wildman–Crippen LogP) is 3.74. The lowest BCUT2D eigenvalue weighted by atomic mass is 10.2. The van der Waals surface area contributed by atoms with Crippen LogP contribution in [0, 0.1) is 6.92 Å². The van der Waals surface area contributed by atoms with Crippen LogP contribution in [-0.2, 0) is 0 Å². The molecule has 0 aliphatic rings. The molecule has 2 aromatic rings. The van der Waals surface area contributed by atoms with E-state index >= 15 is 0 Å². The van der Waals surface area contributed by atoms with Gasteiger partial charge in [0.05, 0.1) is 11.0 Å². The zero-order valence-electron chi connectivity index (χ0n) is 12.0. The van der Waals surface area contributed by atoms with E-state index in [2.05, 4.69) is 54.3 Å². The van der Waals surface area contributed by atoms with Gasteiger partial charge >= 0.3 is 0 Å². The maximum atomic E-state index is 4.59. The summed E-state index contributed by atoms with van der Waals surface area (Å²) >= 11 is 1.82. The van der Waals surface area contributed by atoms with Crippen LogP contribution < -0.4 is 5.32 Å². The Hall–Kier alpha value is -1.00. The first-order chi connectivity index (χ1) is 9.15. The van der Waals surface area contributed by atoms with Crippen molar-refractivity contribution in [1.29, 1.82) is 0 Å². The van der Waals surface area contributed by atoms with Gasteiger partial charge < -0.3 is 10.3 Å². The zero-order chi connectivity index (χ0) is 13.7. The van der Waals surface area contributed by atoms with E-state index in [1.165, 1.54) is 18.4 Å². The van der Waals surface area contributed by atoms with Crippen LogP contribution in [0.25, 0.3) is 11.0 Å². The third-order valence-corrected chi connectivity index (χ3v) is 3.94. The second kappa shape index (κ2) is 6.96. The van der Waals surface area contributed by atoms with Gasteiger partial charge in [0.25, 0.3) is 0 Å². The van der Waals surface area contributed by atoms with Gasteiger partial charge in [-0.05, 0) is 44.0 Å². The first-order valence-corrected chi connectivity index (χ1v) is 7.96. The largest absolute Gasteiger partial charge is 0.333 e. The van der Waals surface area contributed by atoms with Crippen molar-refractivity contribution in [2.45, 2.75) is 44.8 Å². The molecule has 2 N–H and O–H groups in total. The minimum Gasteiger partial charge on any atom is -0.333 e. The number of aromatic nitrogens is 2. The predicted molar refractivity (Wildman–Crippen MR) is 83.9 cm³/mol. The molecule has 1 aromatic carbocycles. The Kier molecular flexibility index (Phi) is 5.28. The van der Waals surface area contributed by atoms with Crippen LogP contribution in [0.15, 0.2) is 23.4 Å². The first-order valence-electron chi connectivity index (χ1n) is 6.97. The summed E-state index contributed by atoms with van der Waals surface area (Å²) in [5, 5.41) is 4.48. The number of nitrogens with zero attached hydrogens (tertiary/aromatic N) is 1. The smallest absolute Gasteiger partial charge is 0.166 e. The average molecular weight is 277 g/mol. The molecule has 0 saturated carbocycles. The van der Waals surface area contributed by atoms with Crippen LogP contribution in [0.1, 0.15) is 32.3 Å². The van der Waals surface area contributed by atoms with Crippen molar-refractivity contribution < 1.29 is 0 Å². The van der Waals surface area contributed by atoms with Crippen LogP contribution >= 0.6 is 11.8 Å². The van der Waals surface area contributed by atoms with E-state index in [1.54, 1.807) is 0 Å². The average Bonchev–Trinajstić information content (AvgIpc) is 2.75. The van der Waals surface area contributed by atoms with Gasteiger partial charge in [0.15, 0.2) is 5.16 Å². The van der Waals surface area contributed by atoms with Gasteiger partial charge in [0, 0.05) is 11.8 Å². The Labute approximate surface area is 119 Å². The molecule has 0 amide bonds. The number of aromatic amines is 1. The summed E-state index contributed by atoms with van der Waals surface area (Å²) < 4.78 is 0. The van der Waals surface area contributed by atoms with Crippen molar-refractivity contribution in [3.63, 3.8) is 0 Å². The summed E-state index contributed by atoms with van der Waals surface area (Å²) in [4.78, 5) is 7.97. The number of unbranched alkanes of at least 4 members (excludes halogenated alkanes) is 1. The number of imidazole rings is 1. The summed E-state index contributed by atoms with van der Waals surface area (Å²) in [5.41, 5.74) is 3.48. The molecule has 0 radical (unpaired) electrons. The molecule has 0 aliphatic heterocycles. The summed E-state index contributed by atoms with van der Waals surface area (Å²) in [7, 11) is 0. The molecule has 0 saturated heterocycles. The monoisotopic (exact) mass is 277 g/mol. The molecule has 19 heavy (non-hydrogen) atoms. The second-order valence-electron chi connectivity index (χ2n) is 5.23. The van der Waals surface area contributed by atoms with Gasteiger partial charge in [0.1, 0.15) is 0 Å². The number of H-pyrrole nitrogens is 1. The van der Waals surface area contributed by atoms with Gasteiger partial charge in [-0.15, -0.1) is 0 Å². The lowest BCUT2D eigenvalue weighted by molar-refractivity contribution is 0.567. The maximum Gasteiger partial charge on any atom is 0.166 e. The van der Waals surface area contributed by atoms with Crippen LogP contribution in [-0.4, -0.2) is 28.3 Å². The van der Waals surface area contributed by atoms with Crippen molar-refractivity contribution in [2.75, 3.05) is 12.3 Å². The summed E-state index contributed by atoms with van der Waals surface area (Å²) in [5.74, 6) is 1.12. The Bertz CT molecular complexity index is 519. The van der Waals surface area contributed by atoms with Crippen molar-refractivity contribution in [3.8, 4) is 0 Å². The molecule has 0 unspecified atom stereocenters. The van der Waals surface area contributed by atoms with Crippen LogP contribution in [0.4, 0.5) is 0 Å². The third kappa shape index (κ3) is 4.55. The first kappa shape index (κ1) is 14.4. The lowest BCUT2D eigenvalue weighted by Crippen LogP contribution is -2.23. The Morgan fingerprint density at radius 3 is 2.95 bits per heavy atom.